The van der Waals surface area contributed by atoms with Gasteiger partial charge < -0.3 is 9.64 Å². The molecule has 0 bridgehead atoms. The van der Waals surface area contributed by atoms with Crippen LogP contribution in [0.25, 0.3) is 0 Å². The zero-order valence-electron chi connectivity index (χ0n) is 12.8. The molecule has 3 heteroatoms. The van der Waals surface area contributed by atoms with Gasteiger partial charge in [-0.15, -0.1) is 0 Å². The quantitative estimate of drug-likeness (QED) is 0.838. The predicted octanol–water partition coefficient (Wildman–Crippen LogP) is 3.69. The third-order valence-corrected chi connectivity index (χ3v) is 3.42. The van der Waals surface area contributed by atoms with Crippen molar-refractivity contribution in [2.45, 2.75) is 13.8 Å². The number of benzene rings is 2. The highest BCUT2D eigenvalue weighted by atomic mass is 16.5. The van der Waals surface area contributed by atoms with E-state index in [4.69, 9.17) is 10.00 Å². The van der Waals surface area contributed by atoms with Crippen molar-refractivity contribution in [1.82, 2.24) is 0 Å². The molecule has 2 aromatic rings. The van der Waals surface area contributed by atoms with Crippen molar-refractivity contribution in [1.29, 1.82) is 5.26 Å². The van der Waals surface area contributed by atoms with Crippen molar-refractivity contribution >= 4 is 5.69 Å². The molecule has 0 aromatic heterocycles. The summed E-state index contributed by atoms with van der Waals surface area (Å²) in [6.07, 6.45) is 0. The minimum Gasteiger partial charge on any atom is -0.492 e. The lowest BCUT2D eigenvalue weighted by molar-refractivity contribution is 0.326. The van der Waals surface area contributed by atoms with Gasteiger partial charge in [0.15, 0.2) is 0 Å². The Bertz CT molecular complexity index is 659. The van der Waals surface area contributed by atoms with E-state index in [2.05, 4.69) is 50.1 Å². The van der Waals surface area contributed by atoms with Crippen LogP contribution in [0.2, 0.25) is 0 Å². The number of ether oxygens (including phenoxy) is 1. The number of aryl methyl sites for hydroxylation is 2. The number of likely N-dealkylation sites (N-methyl/N-ethyl adjacent to an activating group) is 1. The normalized spacial score (nSPS) is 10.0. The summed E-state index contributed by atoms with van der Waals surface area (Å²) in [5.41, 5.74) is 4.38. The third-order valence-electron chi connectivity index (χ3n) is 3.42. The first-order valence-corrected chi connectivity index (χ1v) is 7.01. The summed E-state index contributed by atoms with van der Waals surface area (Å²) in [5, 5.41) is 8.86. The van der Waals surface area contributed by atoms with Gasteiger partial charge in [0.1, 0.15) is 12.4 Å². The summed E-state index contributed by atoms with van der Waals surface area (Å²) in [6.45, 7) is 5.59. The van der Waals surface area contributed by atoms with E-state index in [1.54, 1.807) is 12.1 Å². The van der Waals surface area contributed by atoms with E-state index in [1.807, 2.05) is 12.1 Å². The fourth-order valence-corrected chi connectivity index (χ4v) is 2.31. The minimum atomic E-state index is 0.582. The minimum absolute atomic E-state index is 0.582. The van der Waals surface area contributed by atoms with Crippen LogP contribution in [0, 0.1) is 25.2 Å². The molecule has 0 atom stereocenters. The van der Waals surface area contributed by atoms with E-state index in [-0.39, 0.29) is 0 Å². The van der Waals surface area contributed by atoms with E-state index >= 15 is 0 Å². The number of hydrogen-bond donors (Lipinski definition) is 0. The summed E-state index contributed by atoms with van der Waals surface area (Å²) >= 11 is 0. The molecule has 0 saturated heterocycles. The van der Waals surface area contributed by atoms with Gasteiger partial charge in [0.05, 0.1) is 18.2 Å². The van der Waals surface area contributed by atoms with E-state index in [0.717, 1.165) is 12.3 Å². The Kier molecular flexibility index (Phi) is 4.84. The first-order chi connectivity index (χ1) is 10.1. The molecule has 3 nitrogen and oxygen atoms in total. The summed E-state index contributed by atoms with van der Waals surface area (Å²) in [4.78, 5) is 2.18. The third kappa shape index (κ3) is 4.00. The fourth-order valence-electron chi connectivity index (χ4n) is 2.31. The molecule has 0 aliphatic rings. The van der Waals surface area contributed by atoms with Gasteiger partial charge in [-0.05, 0) is 43.7 Å². The van der Waals surface area contributed by atoms with Gasteiger partial charge in [-0.2, -0.15) is 5.26 Å². The zero-order valence-corrected chi connectivity index (χ0v) is 12.8. The van der Waals surface area contributed by atoms with Crippen LogP contribution in [-0.2, 0) is 0 Å². The van der Waals surface area contributed by atoms with Crippen LogP contribution in [0.1, 0.15) is 16.7 Å². The molecule has 108 valence electrons. The molecule has 0 unspecified atom stereocenters. The molecular formula is C18H20N2O. The molecule has 2 rings (SSSR count). The van der Waals surface area contributed by atoms with Crippen LogP contribution in [0.15, 0.2) is 42.5 Å². The summed E-state index contributed by atoms with van der Waals surface area (Å²) in [7, 11) is 2.06. The van der Waals surface area contributed by atoms with Crippen molar-refractivity contribution in [2.24, 2.45) is 0 Å². The maximum Gasteiger partial charge on any atom is 0.120 e. The SMILES string of the molecule is Cc1ccc(N(C)CCOc2cccc(C#N)c2)c(C)c1. The van der Waals surface area contributed by atoms with Crippen molar-refractivity contribution in [3.05, 3.63) is 59.2 Å². The van der Waals surface area contributed by atoms with E-state index in [9.17, 15) is 0 Å². The molecule has 21 heavy (non-hydrogen) atoms. The zero-order chi connectivity index (χ0) is 15.2. The highest BCUT2D eigenvalue weighted by Gasteiger charge is 2.05. The number of anilines is 1. The molecule has 0 aliphatic carbocycles. The lowest BCUT2D eigenvalue weighted by atomic mass is 10.1. The summed E-state index contributed by atoms with van der Waals surface area (Å²) in [5.74, 6) is 0.739. The Balaban J connectivity index is 1.92. The summed E-state index contributed by atoms with van der Waals surface area (Å²) in [6, 6.07) is 15.8. The maximum atomic E-state index is 8.86. The molecule has 0 saturated carbocycles. The lowest BCUT2D eigenvalue weighted by Gasteiger charge is -2.22. The molecule has 0 N–H and O–H groups in total. The molecular weight excluding hydrogens is 260 g/mol. The standard InChI is InChI=1S/C18H20N2O/c1-14-7-8-18(15(2)11-14)20(3)9-10-21-17-6-4-5-16(12-17)13-19/h4-8,11-12H,9-10H2,1-3H3. The molecule has 0 fully saturated rings. The summed E-state index contributed by atoms with van der Waals surface area (Å²) < 4.78 is 5.71. The largest absolute Gasteiger partial charge is 0.492 e. The van der Waals surface area contributed by atoms with Crippen LogP contribution in [0.3, 0.4) is 0 Å². The molecule has 0 aliphatic heterocycles. The Morgan fingerprint density at radius 2 is 1.95 bits per heavy atom. The smallest absolute Gasteiger partial charge is 0.120 e. The average Bonchev–Trinajstić information content (AvgIpc) is 2.47. The van der Waals surface area contributed by atoms with Crippen molar-refractivity contribution in [3.63, 3.8) is 0 Å². The van der Waals surface area contributed by atoms with Crippen LogP contribution >= 0.6 is 0 Å². The molecule has 0 heterocycles. The second-order valence-corrected chi connectivity index (χ2v) is 5.20. The molecule has 0 radical (unpaired) electrons. The van der Waals surface area contributed by atoms with Gasteiger partial charge in [-0.1, -0.05) is 23.8 Å². The van der Waals surface area contributed by atoms with E-state index < -0.39 is 0 Å². The number of rotatable bonds is 5. The highest BCUT2D eigenvalue weighted by Crippen LogP contribution is 2.20. The van der Waals surface area contributed by atoms with Crippen molar-refractivity contribution in [3.8, 4) is 11.8 Å². The van der Waals surface area contributed by atoms with Crippen molar-refractivity contribution < 1.29 is 4.74 Å². The Labute approximate surface area is 126 Å². The maximum absolute atomic E-state index is 8.86. The Hall–Kier alpha value is -2.47. The number of hydrogen-bond acceptors (Lipinski definition) is 3. The van der Waals surface area contributed by atoms with Gasteiger partial charge >= 0.3 is 0 Å². The second-order valence-electron chi connectivity index (χ2n) is 5.20. The molecule has 0 spiro atoms. The second kappa shape index (κ2) is 6.81. The van der Waals surface area contributed by atoms with Crippen LogP contribution in [0.5, 0.6) is 5.75 Å². The lowest BCUT2D eigenvalue weighted by Crippen LogP contribution is -2.24. The van der Waals surface area contributed by atoms with Gasteiger partial charge in [0.2, 0.25) is 0 Å². The number of nitriles is 1. The first kappa shape index (κ1) is 14.9. The Morgan fingerprint density at radius 1 is 1.14 bits per heavy atom. The van der Waals surface area contributed by atoms with Gasteiger partial charge in [0, 0.05) is 12.7 Å². The van der Waals surface area contributed by atoms with Gasteiger partial charge in [-0.3, -0.25) is 0 Å². The Morgan fingerprint density at radius 3 is 2.67 bits per heavy atom. The average molecular weight is 280 g/mol. The number of nitrogens with zero attached hydrogens (tertiary/aromatic N) is 2. The fraction of sp³-hybridized carbons (Fsp3) is 0.278. The van der Waals surface area contributed by atoms with Gasteiger partial charge in [0.25, 0.3) is 0 Å². The van der Waals surface area contributed by atoms with Crippen molar-refractivity contribution in [2.75, 3.05) is 25.1 Å². The molecule has 2 aromatic carbocycles. The van der Waals surface area contributed by atoms with Crippen LogP contribution in [-0.4, -0.2) is 20.2 Å². The van der Waals surface area contributed by atoms with Crippen LogP contribution < -0.4 is 9.64 Å². The monoisotopic (exact) mass is 280 g/mol. The topological polar surface area (TPSA) is 36.3 Å². The van der Waals surface area contributed by atoms with E-state index in [0.29, 0.717) is 12.2 Å². The van der Waals surface area contributed by atoms with E-state index in [1.165, 1.54) is 16.8 Å². The first-order valence-electron chi connectivity index (χ1n) is 7.01. The molecule has 0 amide bonds. The van der Waals surface area contributed by atoms with Crippen LogP contribution in [0.4, 0.5) is 5.69 Å². The highest BCUT2D eigenvalue weighted by molar-refractivity contribution is 5.53. The van der Waals surface area contributed by atoms with Gasteiger partial charge in [-0.25, -0.2) is 0 Å². The predicted molar refractivity (Wildman–Crippen MR) is 85.8 cm³/mol.